The van der Waals surface area contributed by atoms with E-state index in [-0.39, 0.29) is 6.42 Å². The van der Waals surface area contributed by atoms with Gasteiger partial charge in [0.1, 0.15) is 0 Å². The van der Waals surface area contributed by atoms with Gasteiger partial charge in [0.25, 0.3) is 0 Å². The Labute approximate surface area is 88.2 Å². The molecule has 0 spiro atoms. The molecule has 2 rings (SSSR count). The highest BCUT2D eigenvalue weighted by Gasteiger charge is 2.14. The second kappa shape index (κ2) is 3.77. The van der Waals surface area contributed by atoms with E-state index in [9.17, 15) is 4.79 Å². The average molecular weight is 203 g/mol. The smallest absolute Gasteiger partial charge is 0.303 e. The number of allylic oxidation sites excluding steroid dienone is 2. The molecule has 0 radical (unpaired) electrons. The molecule has 0 heterocycles. The molecule has 3 N–H and O–H groups in total. The first-order valence-electron chi connectivity index (χ1n) is 4.96. The number of carboxylic acid groups (broad SMARTS) is 1. The standard InChI is InChI=1S/C12H13NO2/c13-10-5-3-8-1-2-9(11(8)7-10)4-6-12(14)15/h2-3,5,7H,1,4,6,13H2,(H,14,15). The molecule has 78 valence electrons. The fraction of sp³-hybridized carbons (Fsp3) is 0.250. The van der Waals surface area contributed by atoms with Crippen molar-refractivity contribution in [3.8, 4) is 0 Å². The van der Waals surface area contributed by atoms with Gasteiger partial charge in [-0.25, -0.2) is 0 Å². The van der Waals surface area contributed by atoms with Crippen LogP contribution in [0.15, 0.2) is 24.3 Å². The summed E-state index contributed by atoms with van der Waals surface area (Å²) in [5.74, 6) is -0.756. The zero-order valence-corrected chi connectivity index (χ0v) is 8.36. The lowest BCUT2D eigenvalue weighted by atomic mass is 10.0. The van der Waals surface area contributed by atoms with Crippen molar-refractivity contribution < 1.29 is 9.90 Å². The van der Waals surface area contributed by atoms with Gasteiger partial charge in [-0.1, -0.05) is 12.1 Å². The summed E-state index contributed by atoms with van der Waals surface area (Å²) in [4.78, 5) is 10.5. The summed E-state index contributed by atoms with van der Waals surface area (Å²) in [6.45, 7) is 0. The van der Waals surface area contributed by atoms with E-state index in [0.717, 1.165) is 23.2 Å². The van der Waals surface area contributed by atoms with Crippen molar-refractivity contribution in [2.24, 2.45) is 0 Å². The van der Waals surface area contributed by atoms with Crippen molar-refractivity contribution in [2.45, 2.75) is 19.3 Å². The maximum absolute atomic E-state index is 10.5. The van der Waals surface area contributed by atoms with E-state index < -0.39 is 5.97 Å². The average Bonchev–Trinajstić information content (AvgIpc) is 2.57. The lowest BCUT2D eigenvalue weighted by molar-refractivity contribution is -0.136. The number of carbonyl (C=O) groups is 1. The maximum Gasteiger partial charge on any atom is 0.303 e. The van der Waals surface area contributed by atoms with Crippen LogP contribution >= 0.6 is 0 Å². The summed E-state index contributed by atoms with van der Waals surface area (Å²) < 4.78 is 0. The second-order valence-corrected chi connectivity index (χ2v) is 3.74. The minimum Gasteiger partial charge on any atom is -0.481 e. The maximum atomic E-state index is 10.5. The molecule has 0 fully saturated rings. The zero-order valence-electron chi connectivity index (χ0n) is 8.36. The van der Waals surface area contributed by atoms with Gasteiger partial charge in [-0.15, -0.1) is 0 Å². The normalized spacial score (nSPS) is 13.5. The van der Waals surface area contributed by atoms with Crippen LogP contribution in [-0.2, 0) is 11.2 Å². The molecule has 0 bridgehead atoms. The Balaban J connectivity index is 2.19. The zero-order chi connectivity index (χ0) is 10.8. The van der Waals surface area contributed by atoms with Crippen LogP contribution in [0.25, 0.3) is 5.57 Å². The predicted molar refractivity (Wildman–Crippen MR) is 59.4 cm³/mol. The first kappa shape index (κ1) is 9.77. The third kappa shape index (κ3) is 2.01. The Morgan fingerprint density at radius 2 is 2.27 bits per heavy atom. The number of carboxylic acids is 1. The van der Waals surface area contributed by atoms with E-state index in [1.807, 2.05) is 18.2 Å². The van der Waals surface area contributed by atoms with Crippen LogP contribution in [0.4, 0.5) is 5.69 Å². The number of rotatable bonds is 3. The quantitative estimate of drug-likeness (QED) is 0.739. The van der Waals surface area contributed by atoms with Crippen molar-refractivity contribution >= 4 is 17.2 Å². The first-order chi connectivity index (χ1) is 7.16. The fourth-order valence-corrected chi connectivity index (χ4v) is 1.89. The van der Waals surface area contributed by atoms with Crippen LogP contribution in [-0.4, -0.2) is 11.1 Å². The highest BCUT2D eigenvalue weighted by molar-refractivity contribution is 5.78. The topological polar surface area (TPSA) is 63.3 Å². The minimum absolute atomic E-state index is 0.181. The molecule has 1 aliphatic rings. The lowest BCUT2D eigenvalue weighted by Gasteiger charge is -2.05. The number of hydrogen-bond acceptors (Lipinski definition) is 2. The summed E-state index contributed by atoms with van der Waals surface area (Å²) >= 11 is 0. The highest BCUT2D eigenvalue weighted by Crippen LogP contribution is 2.31. The molecular weight excluding hydrogens is 190 g/mol. The molecule has 0 aromatic heterocycles. The molecule has 15 heavy (non-hydrogen) atoms. The third-order valence-electron chi connectivity index (χ3n) is 2.66. The monoisotopic (exact) mass is 203 g/mol. The van der Waals surface area contributed by atoms with Crippen LogP contribution in [0.3, 0.4) is 0 Å². The summed E-state index contributed by atoms with van der Waals surface area (Å²) in [5.41, 5.74) is 9.91. The number of anilines is 1. The largest absolute Gasteiger partial charge is 0.481 e. The van der Waals surface area contributed by atoms with E-state index in [1.54, 1.807) is 0 Å². The van der Waals surface area contributed by atoms with Gasteiger partial charge in [0.2, 0.25) is 0 Å². The van der Waals surface area contributed by atoms with Crippen molar-refractivity contribution in [3.63, 3.8) is 0 Å². The third-order valence-corrected chi connectivity index (χ3v) is 2.66. The number of nitrogen functional groups attached to an aromatic ring is 1. The number of nitrogens with two attached hydrogens (primary N) is 1. The van der Waals surface area contributed by atoms with Crippen molar-refractivity contribution in [1.29, 1.82) is 0 Å². The van der Waals surface area contributed by atoms with Gasteiger partial charge >= 0.3 is 5.97 Å². The van der Waals surface area contributed by atoms with Crippen LogP contribution in [0.5, 0.6) is 0 Å². The number of fused-ring (bicyclic) bond motifs is 1. The van der Waals surface area contributed by atoms with Crippen molar-refractivity contribution in [1.82, 2.24) is 0 Å². The summed E-state index contributed by atoms with van der Waals surface area (Å²) in [6.07, 6.45) is 3.75. The molecule has 0 amide bonds. The van der Waals surface area contributed by atoms with E-state index in [0.29, 0.717) is 6.42 Å². The summed E-state index contributed by atoms with van der Waals surface area (Å²) in [6, 6.07) is 5.82. The molecule has 1 aromatic carbocycles. The van der Waals surface area contributed by atoms with E-state index >= 15 is 0 Å². The molecule has 0 aliphatic heterocycles. The molecular formula is C12H13NO2. The Kier molecular flexibility index (Phi) is 2.46. The SMILES string of the molecule is Nc1ccc2c(c1)C(CCC(=O)O)=CC2. The molecule has 1 aliphatic carbocycles. The highest BCUT2D eigenvalue weighted by atomic mass is 16.4. The second-order valence-electron chi connectivity index (χ2n) is 3.74. The van der Waals surface area contributed by atoms with Crippen LogP contribution in [0.2, 0.25) is 0 Å². The summed E-state index contributed by atoms with van der Waals surface area (Å²) in [7, 11) is 0. The van der Waals surface area contributed by atoms with Gasteiger partial charge in [0, 0.05) is 12.1 Å². The molecule has 3 nitrogen and oxygen atoms in total. The first-order valence-corrected chi connectivity index (χ1v) is 4.96. The predicted octanol–water partition coefficient (Wildman–Crippen LogP) is 2.07. The van der Waals surface area contributed by atoms with Crippen LogP contribution < -0.4 is 5.73 Å². The molecule has 0 saturated carbocycles. The molecule has 0 atom stereocenters. The van der Waals surface area contributed by atoms with Gasteiger partial charge in [-0.05, 0) is 41.7 Å². The van der Waals surface area contributed by atoms with Gasteiger partial charge in [-0.2, -0.15) is 0 Å². The molecule has 1 aromatic rings. The van der Waals surface area contributed by atoms with Crippen LogP contribution in [0, 0.1) is 0 Å². The summed E-state index contributed by atoms with van der Waals surface area (Å²) in [5, 5.41) is 8.62. The van der Waals surface area contributed by atoms with Gasteiger partial charge in [-0.3, -0.25) is 4.79 Å². The molecule has 3 heteroatoms. The minimum atomic E-state index is -0.756. The Morgan fingerprint density at radius 3 is 3.00 bits per heavy atom. The van der Waals surface area contributed by atoms with E-state index in [4.69, 9.17) is 10.8 Å². The van der Waals surface area contributed by atoms with E-state index in [2.05, 4.69) is 6.08 Å². The van der Waals surface area contributed by atoms with Gasteiger partial charge < -0.3 is 10.8 Å². The van der Waals surface area contributed by atoms with Crippen molar-refractivity contribution in [2.75, 3.05) is 5.73 Å². The van der Waals surface area contributed by atoms with E-state index in [1.165, 1.54) is 5.56 Å². The number of benzene rings is 1. The van der Waals surface area contributed by atoms with Gasteiger partial charge in [0.05, 0.1) is 0 Å². The number of hydrogen-bond donors (Lipinski definition) is 2. The molecule has 0 unspecified atom stereocenters. The van der Waals surface area contributed by atoms with Gasteiger partial charge in [0.15, 0.2) is 0 Å². The fourth-order valence-electron chi connectivity index (χ4n) is 1.89. The number of aliphatic carboxylic acids is 1. The Morgan fingerprint density at radius 1 is 1.47 bits per heavy atom. The molecule has 0 saturated heterocycles. The Hall–Kier alpha value is -1.77. The van der Waals surface area contributed by atoms with Crippen molar-refractivity contribution in [3.05, 3.63) is 35.4 Å². The van der Waals surface area contributed by atoms with Crippen LogP contribution in [0.1, 0.15) is 24.0 Å². The lowest BCUT2D eigenvalue weighted by Crippen LogP contribution is -1.95. The Bertz CT molecular complexity index is 435.